The number of carbonyl (C=O) groups excluding carboxylic acids is 3. The van der Waals surface area contributed by atoms with Gasteiger partial charge in [0.05, 0.1) is 7.11 Å². The summed E-state index contributed by atoms with van der Waals surface area (Å²) in [5.41, 5.74) is 3.43. The zero-order valence-electron chi connectivity index (χ0n) is 13.3. The highest BCUT2D eigenvalue weighted by Crippen LogP contribution is 2.36. The van der Waals surface area contributed by atoms with E-state index < -0.39 is 0 Å². The van der Waals surface area contributed by atoms with Crippen molar-refractivity contribution in [1.82, 2.24) is 5.32 Å². The molecule has 0 unspecified atom stereocenters. The number of esters is 1. The number of hydrogen-bond donors (Lipinski definition) is 1. The third-order valence-electron chi connectivity index (χ3n) is 4.06. The first-order valence-electron chi connectivity index (χ1n) is 7.75. The number of fused-ring (bicyclic) bond motifs is 3. The summed E-state index contributed by atoms with van der Waals surface area (Å²) in [6, 6.07) is 12.6. The first-order chi connectivity index (χ1) is 11.6. The maximum atomic E-state index is 12.4. The lowest BCUT2D eigenvalue weighted by molar-refractivity contribution is -0.140. The molecule has 3 rings (SSSR count). The van der Waals surface area contributed by atoms with Crippen molar-refractivity contribution in [3.8, 4) is 11.1 Å². The molecule has 0 aromatic heterocycles. The average molecular weight is 323 g/mol. The zero-order valence-corrected chi connectivity index (χ0v) is 13.3. The predicted octanol–water partition coefficient (Wildman–Crippen LogP) is 2.58. The number of rotatable bonds is 5. The van der Waals surface area contributed by atoms with E-state index in [1.807, 2.05) is 24.3 Å². The quantitative estimate of drug-likeness (QED) is 0.578. The van der Waals surface area contributed by atoms with Gasteiger partial charge in [-0.25, -0.2) is 0 Å². The van der Waals surface area contributed by atoms with Crippen molar-refractivity contribution in [3.63, 3.8) is 0 Å². The summed E-state index contributed by atoms with van der Waals surface area (Å²) in [6.45, 7) is 0.374. The molecule has 0 radical (unpaired) electrons. The fourth-order valence-corrected chi connectivity index (χ4v) is 2.81. The fourth-order valence-electron chi connectivity index (χ4n) is 2.81. The van der Waals surface area contributed by atoms with E-state index in [1.165, 1.54) is 7.11 Å². The number of nitrogens with one attached hydrogen (secondary N) is 1. The van der Waals surface area contributed by atoms with Crippen LogP contribution in [-0.2, 0) is 9.53 Å². The van der Waals surface area contributed by atoms with Gasteiger partial charge in [-0.3, -0.25) is 14.4 Å². The second-order valence-electron chi connectivity index (χ2n) is 5.57. The molecule has 0 fully saturated rings. The van der Waals surface area contributed by atoms with Crippen LogP contribution in [0, 0.1) is 0 Å². The normalized spacial score (nSPS) is 11.6. The number of hydrogen-bond acceptors (Lipinski definition) is 4. The Bertz CT molecular complexity index is 826. The Balaban J connectivity index is 1.70. The van der Waals surface area contributed by atoms with Crippen molar-refractivity contribution >= 4 is 17.7 Å². The molecule has 1 aliphatic carbocycles. The van der Waals surface area contributed by atoms with Gasteiger partial charge in [-0.1, -0.05) is 30.3 Å². The van der Waals surface area contributed by atoms with Gasteiger partial charge in [-0.2, -0.15) is 0 Å². The topological polar surface area (TPSA) is 72.5 Å². The monoisotopic (exact) mass is 323 g/mol. The van der Waals surface area contributed by atoms with Gasteiger partial charge >= 0.3 is 5.97 Å². The van der Waals surface area contributed by atoms with Crippen LogP contribution in [0.3, 0.4) is 0 Å². The third-order valence-corrected chi connectivity index (χ3v) is 4.06. The maximum absolute atomic E-state index is 12.4. The van der Waals surface area contributed by atoms with Gasteiger partial charge in [0, 0.05) is 29.7 Å². The Morgan fingerprint density at radius 2 is 1.71 bits per heavy atom. The zero-order chi connectivity index (χ0) is 17.1. The van der Waals surface area contributed by atoms with Crippen LogP contribution in [0.25, 0.3) is 11.1 Å². The fraction of sp³-hybridized carbons (Fsp3) is 0.211. The highest BCUT2D eigenvalue weighted by atomic mass is 16.5. The van der Waals surface area contributed by atoms with Crippen LogP contribution in [0.4, 0.5) is 0 Å². The van der Waals surface area contributed by atoms with Gasteiger partial charge in [0.1, 0.15) is 0 Å². The summed E-state index contributed by atoms with van der Waals surface area (Å²) in [6.07, 6.45) is 0.766. The Hall–Kier alpha value is -2.95. The van der Waals surface area contributed by atoms with E-state index >= 15 is 0 Å². The molecule has 0 bridgehead atoms. The molecule has 1 aliphatic rings. The largest absolute Gasteiger partial charge is 0.469 e. The molecule has 122 valence electrons. The average Bonchev–Trinajstić information content (AvgIpc) is 2.91. The van der Waals surface area contributed by atoms with Crippen molar-refractivity contribution in [3.05, 3.63) is 59.2 Å². The Labute approximate surface area is 139 Å². The molecule has 0 aliphatic heterocycles. The summed E-state index contributed by atoms with van der Waals surface area (Å²) in [4.78, 5) is 35.7. The molecule has 0 spiro atoms. The van der Waals surface area contributed by atoms with Crippen LogP contribution in [-0.4, -0.2) is 31.3 Å². The number of benzene rings is 2. The number of ether oxygens (including phenoxy) is 1. The number of amides is 1. The Morgan fingerprint density at radius 3 is 2.46 bits per heavy atom. The van der Waals surface area contributed by atoms with E-state index in [0.717, 1.165) is 11.1 Å². The Kier molecular flexibility index (Phi) is 4.42. The molecule has 0 atom stereocenters. The van der Waals surface area contributed by atoms with Crippen LogP contribution < -0.4 is 5.32 Å². The minimum atomic E-state index is -0.301. The first-order valence-corrected chi connectivity index (χ1v) is 7.75. The van der Waals surface area contributed by atoms with Crippen LogP contribution in [0.1, 0.15) is 39.1 Å². The van der Waals surface area contributed by atoms with Gasteiger partial charge in [0.25, 0.3) is 5.91 Å². The molecule has 2 aromatic carbocycles. The smallest absolute Gasteiger partial charge is 0.305 e. The third kappa shape index (κ3) is 2.93. The van der Waals surface area contributed by atoms with Crippen molar-refractivity contribution in [1.29, 1.82) is 0 Å². The van der Waals surface area contributed by atoms with Gasteiger partial charge in [0.15, 0.2) is 5.78 Å². The molecule has 5 nitrogen and oxygen atoms in total. The summed E-state index contributed by atoms with van der Waals surface area (Å²) >= 11 is 0. The summed E-state index contributed by atoms with van der Waals surface area (Å²) in [5, 5.41) is 2.75. The van der Waals surface area contributed by atoms with Crippen LogP contribution >= 0.6 is 0 Å². The SMILES string of the molecule is COC(=O)CCCNC(=O)c1ccc2c(c1)C(=O)c1ccccc1-2. The van der Waals surface area contributed by atoms with E-state index in [1.54, 1.807) is 18.2 Å². The predicted molar refractivity (Wildman–Crippen MR) is 88.9 cm³/mol. The molecule has 0 saturated carbocycles. The van der Waals surface area contributed by atoms with Crippen LogP contribution in [0.15, 0.2) is 42.5 Å². The second kappa shape index (κ2) is 6.66. The van der Waals surface area contributed by atoms with Gasteiger partial charge in [0.2, 0.25) is 0 Å². The highest BCUT2D eigenvalue weighted by molar-refractivity contribution is 6.22. The standard InChI is InChI=1S/C19H17NO4/c1-24-17(21)7-4-10-20-19(23)12-8-9-14-13-5-2-3-6-15(13)18(22)16(14)11-12/h2-3,5-6,8-9,11H,4,7,10H2,1H3,(H,20,23). The van der Waals surface area contributed by atoms with E-state index in [4.69, 9.17) is 0 Å². The van der Waals surface area contributed by atoms with E-state index in [9.17, 15) is 14.4 Å². The molecule has 0 heterocycles. The summed E-state index contributed by atoms with van der Waals surface area (Å²) < 4.78 is 4.55. The summed E-state index contributed by atoms with van der Waals surface area (Å²) in [7, 11) is 1.33. The molecule has 2 aromatic rings. The minimum Gasteiger partial charge on any atom is -0.469 e. The molecular formula is C19H17NO4. The van der Waals surface area contributed by atoms with Crippen molar-refractivity contribution in [2.24, 2.45) is 0 Å². The second-order valence-corrected chi connectivity index (χ2v) is 5.57. The van der Waals surface area contributed by atoms with E-state index in [-0.39, 0.29) is 24.1 Å². The Morgan fingerprint density at radius 1 is 1.00 bits per heavy atom. The lowest BCUT2D eigenvalue weighted by Gasteiger charge is -2.06. The molecular weight excluding hydrogens is 306 g/mol. The van der Waals surface area contributed by atoms with Gasteiger partial charge in [-0.05, 0) is 29.7 Å². The molecule has 1 N–H and O–H groups in total. The van der Waals surface area contributed by atoms with Crippen molar-refractivity contribution in [2.45, 2.75) is 12.8 Å². The molecule has 24 heavy (non-hydrogen) atoms. The maximum Gasteiger partial charge on any atom is 0.305 e. The van der Waals surface area contributed by atoms with Gasteiger partial charge in [-0.15, -0.1) is 0 Å². The molecule has 5 heteroatoms. The van der Waals surface area contributed by atoms with Crippen LogP contribution in [0.5, 0.6) is 0 Å². The number of ketones is 1. The summed E-state index contributed by atoms with van der Waals surface area (Å²) in [5.74, 6) is -0.613. The minimum absolute atomic E-state index is 0.0547. The molecule has 0 saturated heterocycles. The highest BCUT2D eigenvalue weighted by Gasteiger charge is 2.26. The lowest BCUT2D eigenvalue weighted by atomic mass is 10.0. The van der Waals surface area contributed by atoms with Crippen molar-refractivity contribution < 1.29 is 19.1 Å². The first kappa shape index (κ1) is 15.9. The van der Waals surface area contributed by atoms with Crippen LogP contribution in [0.2, 0.25) is 0 Å². The number of methoxy groups -OCH3 is 1. The van der Waals surface area contributed by atoms with E-state index in [2.05, 4.69) is 10.1 Å². The molecule has 1 amide bonds. The van der Waals surface area contributed by atoms with Gasteiger partial charge < -0.3 is 10.1 Å². The number of carbonyl (C=O) groups is 3. The lowest BCUT2D eigenvalue weighted by Crippen LogP contribution is -2.25. The van der Waals surface area contributed by atoms with E-state index in [0.29, 0.717) is 29.7 Å². The van der Waals surface area contributed by atoms with Crippen molar-refractivity contribution in [2.75, 3.05) is 13.7 Å².